The van der Waals surface area contributed by atoms with Gasteiger partial charge < -0.3 is 4.74 Å². The van der Waals surface area contributed by atoms with Gasteiger partial charge in [0.25, 0.3) is 0 Å². The molecule has 3 nitrogen and oxygen atoms in total. The van der Waals surface area contributed by atoms with Crippen LogP contribution in [0.15, 0.2) is 0 Å². The maximum atomic E-state index is 10.9. The van der Waals surface area contributed by atoms with E-state index < -0.39 is 0 Å². The normalized spacial score (nSPS) is 9.23. The third-order valence-corrected chi connectivity index (χ3v) is 1.60. The zero-order chi connectivity index (χ0) is 10.1. The van der Waals surface area contributed by atoms with Crippen molar-refractivity contribution in [3.63, 3.8) is 0 Å². The first kappa shape index (κ1) is 12.0. The van der Waals surface area contributed by atoms with Crippen LogP contribution in [0, 0.1) is 11.8 Å². The van der Waals surface area contributed by atoms with Gasteiger partial charge in [0, 0.05) is 0 Å². The predicted molar refractivity (Wildman–Crippen MR) is 52.2 cm³/mol. The largest absolute Gasteiger partial charge is 0.468 e. The van der Waals surface area contributed by atoms with Gasteiger partial charge in [-0.25, -0.2) is 0 Å². The molecule has 3 heteroatoms. The van der Waals surface area contributed by atoms with E-state index in [9.17, 15) is 4.79 Å². The molecule has 0 aromatic rings. The van der Waals surface area contributed by atoms with Crippen LogP contribution in [0.1, 0.15) is 20.3 Å². The summed E-state index contributed by atoms with van der Waals surface area (Å²) in [5, 5.41) is 0. The minimum absolute atomic E-state index is 0.202. The lowest BCUT2D eigenvalue weighted by Gasteiger charge is -2.16. The first-order valence-corrected chi connectivity index (χ1v) is 4.43. The maximum Gasteiger partial charge on any atom is 0.319 e. The summed E-state index contributed by atoms with van der Waals surface area (Å²) in [6, 6.07) is 0. The number of esters is 1. The molecule has 0 saturated carbocycles. The summed E-state index contributed by atoms with van der Waals surface area (Å²) in [5.41, 5.74) is 0. The van der Waals surface area contributed by atoms with E-state index in [-0.39, 0.29) is 5.97 Å². The smallest absolute Gasteiger partial charge is 0.319 e. The van der Waals surface area contributed by atoms with Gasteiger partial charge in [-0.2, -0.15) is 0 Å². The van der Waals surface area contributed by atoms with Crippen LogP contribution in [0.4, 0.5) is 0 Å². The summed E-state index contributed by atoms with van der Waals surface area (Å²) in [5.74, 6) is 5.53. The Morgan fingerprint density at radius 3 is 2.69 bits per heavy atom. The molecule has 0 amide bonds. The van der Waals surface area contributed by atoms with Gasteiger partial charge in [0.2, 0.25) is 0 Å². The van der Waals surface area contributed by atoms with Crippen molar-refractivity contribution in [1.29, 1.82) is 0 Å². The lowest BCUT2D eigenvalue weighted by Crippen LogP contribution is -2.31. The van der Waals surface area contributed by atoms with Crippen LogP contribution in [-0.4, -0.2) is 37.6 Å². The molecule has 0 unspecified atom stereocenters. The van der Waals surface area contributed by atoms with Crippen LogP contribution >= 0.6 is 0 Å². The van der Waals surface area contributed by atoms with E-state index >= 15 is 0 Å². The number of ether oxygens (including phenoxy) is 1. The van der Waals surface area contributed by atoms with E-state index in [0.29, 0.717) is 13.1 Å². The molecule has 0 aliphatic heterocycles. The number of nitrogens with zero attached hydrogens (tertiary/aromatic N) is 1. The molecule has 0 radical (unpaired) electrons. The van der Waals surface area contributed by atoms with Gasteiger partial charge in [-0.3, -0.25) is 9.69 Å². The highest BCUT2D eigenvalue weighted by atomic mass is 16.5. The molecule has 0 aliphatic rings. The van der Waals surface area contributed by atoms with Gasteiger partial charge in [-0.1, -0.05) is 12.8 Å². The molecule has 0 bridgehead atoms. The summed E-state index contributed by atoms with van der Waals surface area (Å²) in [6.07, 6.45) is 1.02. The van der Waals surface area contributed by atoms with Crippen molar-refractivity contribution in [2.45, 2.75) is 20.3 Å². The van der Waals surface area contributed by atoms with Gasteiger partial charge in [0.15, 0.2) is 0 Å². The van der Waals surface area contributed by atoms with Crippen molar-refractivity contribution < 1.29 is 9.53 Å². The Morgan fingerprint density at radius 2 is 2.23 bits per heavy atom. The number of hydrogen-bond acceptors (Lipinski definition) is 3. The third-order valence-electron chi connectivity index (χ3n) is 1.60. The Balaban J connectivity index is 3.90. The van der Waals surface area contributed by atoms with E-state index in [2.05, 4.69) is 23.5 Å². The van der Waals surface area contributed by atoms with E-state index in [1.807, 2.05) is 4.90 Å². The van der Waals surface area contributed by atoms with E-state index in [0.717, 1.165) is 13.0 Å². The average molecular weight is 183 g/mol. The third kappa shape index (κ3) is 6.18. The number of hydrogen-bond donors (Lipinski definition) is 0. The molecule has 74 valence electrons. The molecule has 0 rings (SSSR count). The minimum Gasteiger partial charge on any atom is -0.468 e. The molecule has 0 N–H and O–H groups in total. The van der Waals surface area contributed by atoms with Gasteiger partial charge >= 0.3 is 5.97 Å². The van der Waals surface area contributed by atoms with Crippen molar-refractivity contribution >= 4 is 5.97 Å². The van der Waals surface area contributed by atoms with Crippen molar-refractivity contribution in [1.82, 2.24) is 4.90 Å². The molecular formula is C10H17NO2. The highest BCUT2D eigenvalue weighted by Gasteiger charge is 2.07. The van der Waals surface area contributed by atoms with Crippen LogP contribution < -0.4 is 0 Å². The molecular weight excluding hydrogens is 166 g/mol. The Morgan fingerprint density at radius 1 is 1.54 bits per heavy atom. The molecule has 0 atom stereocenters. The van der Waals surface area contributed by atoms with Crippen LogP contribution in [-0.2, 0) is 9.53 Å². The fourth-order valence-electron chi connectivity index (χ4n) is 0.968. The van der Waals surface area contributed by atoms with Crippen LogP contribution in [0.3, 0.4) is 0 Å². The maximum absolute atomic E-state index is 10.9. The molecule has 0 saturated heterocycles. The standard InChI is InChI=1S/C10H17NO2/c1-4-6-8-11(7-5-2)9-10(12)13-3/h5,7-9H2,1-3H3. The molecule has 0 spiro atoms. The van der Waals surface area contributed by atoms with Gasteiger partial charge in [-0.05, 0) is 19.9 Å². The van der Waals surface area contributed by atoms with Gasteiger partial charge in [0.1, 0.15) is 0 Å². The zero-order valence-corrected chi connectivity index (χ0v) is 8.59. The summed E-state index contributed by atoms with van der Waals surface area (Å²) in [4.78, 5) is 12.9. The number of methoxy groups -OCH3 is 1. The Bertz CT molecular complexity index is 203. The Hall–Kier alpha value is -1.01. The lowest BCUT2D eigenvalue weighted by molar-refractivity contribution is -0.141. The molecule has 0 aliphatic carbocycles. The fourth-order valence-corrected chi connectivity index (χ4v) is 0.968. The zero-order valence-electron chi connectivity index (χ0n) is 8.59. The van der Waals surface area contributed by atoms with Gasteiger partial charge in [0.05, 0.1) is 20.2 Å². The second-order valence-electron chi connectivity index (χ2n) is 2.71. The monoisotopic (exact) mass is 183 g/mol. The van der Waals surface area contributed by atoms with Crippen LogP contribution in [0.25, 0.3) is 0 Å². The summed E-state index contributed by atoms with van der Waals surface area (Å²) in [6.45, 7) is 5.72. The van der Waals surface area contributed by atoms with E-state index in [1.54, 1.807) is 6.92 Å². The van der Waals surface area contributed by atoms with Crippen molar-refractivity contribution in [3.8, 4) is 11.8 Å². The van der Waals surface area contributed by atoms with Crippen molar-refractivity contribution in [3.05, 3.63) is 0 Å². The number of carbonyl (C=O) groups is 1. The minimum atomic E-state index is -0.202. The van der Waals surface area contributed by atoms with Gasteiger partial charge in [-0.15, -0.1) is 5.92 Å². The first-order valence-electron chi connectivity index (χ1n) is 4.43. The highest BCUT2D eigenvalue weighted by molar-refractivity contribution is 5.71. The van der Waals surface area contributed by atoms with Crippen LogP contribution in [0.2, 0.25) is 0 Å². The average Bonchev–Trinajstić information content (AvgIpc) is 2.14. The summed E-state index contributed by atoms with van der Waals surface area (Å²) in [7, 11) is 1.40. The Labute approximate surface area is 80.1 Å². The molecule has 0 aromatic heterocycles. The topological polar surface area (TPSA) is 29.5 Å². The summed E-state index contributed by atoms with van der Waals surface area (Å²) < 4.78 is 4.58. The fraction of sp³-hybridized carbons (Fsp3) is 0.700. The van der Waals surface area contributed by atoms with E-state index in [4.69, 9.17) is 0 Å². The first-order chi connectivity index (χ1) is 6.24. The molecule has 13 heavy (non-hydrogen) atoms. The van der Waals surface area contributed by atoms with Crippen molar-refractivity contribution in [2.24, 2.45) is 0 Å². The lowest BCUT2D eigenvalue weighted by atomic mass is 10.4. The SMILES string of the molecule is CC#CCN(CCC)CC(=O)OC. The van der Waals surface area contributed by atoms with Crippen molar-refractivity contribution in [2.75, 3.05) is 26.7 Å². The Kier molecular flexibility index (Phi) is 7.04. The molecule has 0 fully saturated rings. The molecule has 0 aromatic carbocycles. The number of carbonyl (C=O) groups excluding carboxylic acids is 1. The van der Waals surface area contributed by atoms with E-state index in [1.165, 1.54) is 7.11 Å². The highest BCUT2D eigenvalue weighted by Crippen LogP contribution is 1.91. The van der Waals surface area contributed by atoms with Crippen LogP contribution in [0.5, 0.6) is 0 Å². The number of rotatable bonds is 5. The summed E-state index contributed by atoms with van der Waals surface area (Å²) >= 11 is 0. The predicted octanol–water partition coefficient (Wildman–Crippen LogP) is 0.895. The quantitative estimate of drug-likeness (QED) is 0.468. The second kappa shape index (κ2) is 7.63. The second-order valence-corrected chi connectivity index (χ2v) is 2.71. The molecule has 0 heterocycles.